The zero-order chi connectivity index (χ0) is 30.6. The van der Waals surface area contributed by atoms with E-state index in [4.69, 9.17) is 14.2 Å². The number of carbonyl (C=O) groups excluding carboxylic acids is 4. The molecule has 4 amide bonds. The van der Waals surface area contributed by atoms with Crippen molar-refractivity contribution in [1.29, 1.82) is 0 Å². The molecule has 2 heterocycles. The van der Waals surface area contributed by atoms with Gasteiger partial charge in [-0.1, -0.05) is 6.07 Å². The lowest BCUT2D eigenvalue weighted by Gasteiger charge is -2.24. The van der Waals surface area contributed by atoms with Gasteiger partial charge >= 0.3 is 6.09 Å². The van der Waals surface area contributed by atoms with Gasteiger partial charge in [-0.2, -0.15) is 0 Å². The largest absolute Gasteiger partial charge is 0.493 e. The first kappa shape index (κ1) is 30.0. The van der Waals surface area contributed by atoms with Crippen molar-refractivity contribution in [1.82, 2.24) is 20.2 Å². The molecule has 1 fully saturated rings. The summed E-state index contributed by atoms with van der Waals surface area (Å²) < 4.78 is 17.6. The summed E-state index contributed by atoms with van der Waals surface area (Å²) in [4.78, 5) is 66.9. The number of fused-ring (bicyclic) bond motifs is 1. The molecule has 1 atom stereocenters. The monoisotopic (exact) mass is 579 g/mol. The van der Waals surface area contributed by atoms with Gasteiger partial charge in [-0.25, -0.2) is 9.78 Å². The fourth-order valence-corrected chi connectivity index (χ4v) is 4.48. The molecule has 4 rings (SSSR count). The Morgan fingerprint density at radius 1 is 1.12 bits per heavy atom. The normalized spacial score (nSPS) is 15.1. The molecule has 0 bridgehead atoms. The van der Waals surface area contributed by atoms with Crippen molar-refractivity contribution in [3.8, 4) is 11.5 Å². The minimum Gasteiger partial charge on any atom is -0.493 e. The van der Waals surface area contributed by atoms with Crippen LogP contribution in [-0.2, 0) is 14.3 Å². The van der Waals surface area contributed by atoms with E-state index in [1.807, 2.05) is 0 Å². The Bertz CT molecular complexity index is 1610. The van der Waals surface area contributed by atoms with Crippen LogP contribution in [0.15, 0.2) is 41.2 Å². The summed E-state index contributed by atoms with van der Waals surface area (Å²) in [6, 6.07) is 8.56. The Morgan fingerprint density at radius 2 is 1.88 bits per heavy atom. The number of imide groups is 1. The molecule has 1 unspecified atom stereocenters. The van der Waals surface area contributed by atoms with E-state index >= 15 is 0 Å². The molecule has 3 N–H and O–H groups in total. The van der Waals surface area contributed by atoms with Crippen molar-refractivity contribution in [2.24, 2.45) is 0 Å². The maximum atomic E-state index is 13.4. The summed E-state index contributed by atoms with van der Waals surface area (Å²) in [5.41, 5.74) is -0.230. The number of ether oxygens (including phenoxy) is 3. The number of nitrogens with zero attached hydrogens (tertiary/aromatic N) is 2. The molecule has 3 aromatic rings. The van der Waals surface area contributed by atoms with Gasteiger partial charge in [-0.15, -0.1) is 0 Å². The van der Waals surface area contributed by atoms with Crippen LogP contribution in [0.3, 0.4) is 0 Å². The lowest BCUT2D eigenvalue weighted by Crippen LogP contribution is -2.45. The third-order valence-electron chi connectivity index (χ3n) is 6.33. The average Bonchev–Trinajstić information content (AvgIpc) is 2.91. The van der Waals surface area contributed by atoms with Crippen LogP contribution in [0.2, 0.25) is 0 Å². The van der Waals surface area contributed by atoms with Crippen molar-refractivity contribution < 1.29 is 33.4 Å². The first-order valence-corrected chi connectivity index (χ1v) is 13.3. The topological polar surface area (TPSA) is 167 Å². The maximum Gasteiger partial charge on any atom is 0.407 e. The number of amides is 4. The smallest absolute Gasteiger partial charge is 0.407 e. The predicted octanol–water partition coefficient (Wildman–Crippen LogP) is 2.85. The van der Waals surface area contributed by atoms with Gasteiger partial charge in [0.25, 0.3) is 11.5 Å². The average molecular weight is 580 g/mol. The fraction of sp³-hybridized carbons (Fsp3) is 0.379. The van der Waals surface area contributed by atoms with E-state index < -0.39 is 35.1 Å². The molecule has 13 heteroatoms. The van der Waals surface area contributed by atoms with E-state index in [-0.39, 0.29) is 54.2 Å². The van der Waals surface area contributed by atoms with Gasteiger partial charge in [-0.3, -0.25) is 29.1 Å². The Kier molecular flexibility index (Phi) is 8.79. The highest BCUT2D eigenvalue weighted by atomic mass is 16.6. The number of hydrogen-bond donors (Lipinski definition) is 3. The van der Waals surface area contributed by atoms with E-state index in [1.165, 1.54) is 17.7 Å². The summed E-state index contributed by atoms with van der Waals surface area (Å²) in [7, 11) is 1.44. The van der Waals surface area contributed by atoms with Gasteiger partial charge in [0.1, 0.15) is 29.6 Å². The Hall–Kier alpha value is -4.94. The van der Waals surface area contributed by atoms with E-state index in [9.17, 15) is 24.0 Å². The molecular weight excluding hydrogens is 546 g/mol. The summed E-state index contributed by atoms with van der Waals surface area (Å²) >= 11 is 0. The highest BCUT2D eigenvalue weighted by Crippen LogP contribution is 2.29. The number of methoxy groups -OCH3 is 1. The molecule has 1 aromatic heterocycles. The SMILES string of the molecule is COc1cc(C(=O)Nc2cccc3c(=O)n(C4CCC(=O)NC4=O)c(C)nc23)ccc1OCCNC(=O)OC(C)(C)C. The minimum atomic E-state index is -0.855. The molecule has 0 spiro atoms. The van der Waals surface area contributed by atoms with Crippen molar-refractivity contribution in [3.05, 3.63) is 58.1 Å². The lowest BCUT2D eigenvalue weighted by molar-refractivity contribution is -0.135. The second-order valence-corrected chi connectivity index (χ2v) is 10.6. The van der Waals surface area contributed by atoms with Gasteiger partial charge in [0.05, 0.1) is 24.7 Å². The number of aromatic nitrogens is 2. The standard InChI is InChI=1S/C29H33N5O8/c1-16-31-24-18(27(38)34(16)20-10-12-23(35)33-26(20)37)7-6-8-19(24)32-25(36)17-9-11-21(22(15-17)40-5)41-14-13-30-28(39)42-29(2,3)4/h6-9,11,15,20H,10,12-14H2,1-5H3,(H,30,39)(H,32,36)(H,33,35,37). The third kappa shape index (κ3) is 6.85. The van der Waals surface area contributed by atoms with Crippen LogP contribution in [0.4, 0.5) is 10.5 Å². The molecule has 0 radical (unpaired) electrons. The summed E-state index contributed by atoms with van der Waals surface area (Å²) in [6.07, 6.45) is -0.248. The second-order valence-electron chi connectivity index (χ2n) is 10.6. The number of aryl methyl sites for hydroxylation is 1. The van der Waals surface area contributed by atoms with Crippen LogP contribution in [0.5, 0.6) is 11.5 Å². The van der Waals surface area contributed by atoms with Gasteiger partial charge in [0.2, 0.25) is 11.8 Å². The van der Waals surface area contributed by atoms with Crippen LogP contribution < -0.4 is 31.0 Å². The second kappa shape index (κ2) is 12.3. The summed E-state index contributed by atoms with van der Waals surface area (Å²) in [5, 5.41) is 7.86. The first-order valence-electron chi connectivity index (χ1n) is 13.3. The number of piperidine rings is 1. The van der Waals surface area contributed by atoms with Crippen molar-refractivity contribution in [3.63, 3.8) is 0 Å². The summed E-state index contributed by atoms with van der Waals surface area (Å²) in [5.74, 6) is -0.467. The molecule has 1 aliphatic heterocycles. The number of nitrogens with one attached hydrogen (secondary N) is 3. The first-order chi connectivity index (χ1) is 19.9. The zero-order valence-electron chi connectivity index (χ0n) is 24.0. The van der Waals surface area contributed by atoms with Crippen LogP contribution in [0.1, 0.15) is 55.8 Å². The van der Waals surface area contributed by atoms with Crippen molar-refractivity contribution in [2.45, 2.75) is 52.2 Å². The van der Waals surface area contributed by atoms with Crippen molar-refractivity contribution in [2.75, 3.05) is 25.6 Å². The highest BCUT2D eigenvalue weighted by Gasteiger charge is 2.30. The number of hydrogen-bond acceptors (Lipinski definition) is 9. The van der Waals surface area contributed by atoms with Crippen LogP contribution in [0, 0.1) is 6.92 Å². The summed E-state index contributed by atoms with van der Waals surface area (Å²) in [6.45, 7) is 7.23. The molecule has 42 heavy (non-hydrogen) atoms. The maximum absolute atomic E-state index is 13.4. The molecule has 222 valence electrons. The van der Waals surface area contributed by atoms with Crippen LogP contribution in [0.25, 0.3) is 10.9 Å². The van der Waals surface area contributed by atoms with Gasteiger partial charge in [0.15, 0.2) is 11.5 Å². The van der Waals surface area contributed by atoms with E-state index in [0.717, 1.165) is 0 Å². The van der Waals surface area contributed by atoms with Crippen LogP contribution in [-0.4, -0.2) is 59.2 Å². The predicted molar refractivity (Wildman–Crippen MR) is 153 cm³/mol. The number of benzene rings is 2. The number of alkyl carbamates (subject to hydrolysis) is 1. The van der Waals surface area contributed by atoms with Crippen LogP contribution >= 0.6 is 0 Å². The number of rotatable bonds is 8. The number of anilines is 1. The zero-order valence-corrected chi connectivity index (χ0v) is 24.0. The van der Waals surface area contributed by atoms with E-state index in [0.29, 0.717) is 17.2 Å². The Labute approximate surface area is 241 Å². The molecule has 2 aromatic carbocycles. The molecule has 1 aliphatic rings. The molecule has 13 nitrogen and oxygen atoms in total. The molecule has 1 saturated heterocycles. The quantitative estimate of drug-likeness (QED) is 0.269. The third-order valence-corrected chi connectivity index (χ3v) is 6.33. The van der Waals surface area contributed by atoms with Gasteiger partial charge in [-0.05, 0) is 64.4 Å². The Morgan fingerprint density at radius 3 is 2.57 bits per heavy atom. The Balaban J connectivity index is 1.49. The van der Waals surface area contributed by atoms with Gasteiger partial charge in [0, 0.05) is 12.0 Å². The molecule has 0 aliphatic carbocycles. The van der Waals surface area contributed by atoms with Gasteiger partial charge < -0.3 is 24.8 Å². The van der Waals surface area contributed by atoms with E-state index in [1.54, 1.807) is 58.0 Å². The number of para-hydroxylation sites is 1. The number of carbonyl (C=O) groups is 4. The van der Waals surface area contributed by atoms with Crippen molar-refractivity contribution >= 4 is 40.4 Å². The highest BCUT2D eigenvalue weighted by molar-refractivity contribution is 6.08. The fourth-order valence-electron chi connectivity index (χ4n) is 4.48. The van der Waals surface area contributed by atoms with E-state index in [2.05, 4.69) is 20.9 Å². The molecular formula is C29H33N5O8. The molecule has 0 saturated carbocycles. The lowest BCUT2D eigenvalue weighted by atomic mass is 10.1. The minimum absolute atomic E-state index is 0.118.